The number of rotatable bonds is 6. The first-order valence-corrected chi connectivity index (χ1v) is 10.5. The lowest BCUT2D eigenvalue weighted by Crippen LogP contribution is -2.29. The molecule has 3 aromatic carbocycles. The Kier molecular flexibility index (Phi) is 6.15. The molecule has 4 rings (SSSR count). The van der Waals surface area contributed by atoms with Crippen LogP contribution in [0.25, 0.3) is 0 Å². The van der Waals surface area contributed by atoms with E-state index < -0.39 is 0 Å². The zero-order valence-corrected chi connectivity index (χ0v) is 17.6. The molecule has 30 heavy (non-hydrogen) atoms. The summed E-state index contributed by atoms with van der Waals surface area (Å²) >= 11 is 0. The van der Waals surface area contributed by atoms with Gasteiger partial charge in [-0.3, -0.25) is 9.69 Å². The maximum Gasteiger partial charge on any atom is 0.255 e. The number of carbonyl (C=O) groups excluding carboxylic acids is 1. The van der Waals surface area contributed by atoms with Crippen LogP contribution in [0.15, 0.2) is 72.8 Å². The maximum absolute atomic E-state index is 12.7. The van der Waals surface area contributed by atoms with Crippen molar-refractivity contribution in [3.8, 4) is 5.75 Å². The van der Waals surface area contributed by atoms with Crippen LogP contribution in [0, 0.1) is 0 Å². The zero-order valence-electron chi connectivity index (χ0n) is 17.6. The Hall–Kier alpha value is -3.11. The number of amides is 1. The van der Waals surface area contributed by atoms with Crippen molar-refractivity contribution in [3.63, 3.8) is 0 Å². The lowest BCUT2D eigenvalue weighted by Gasteiger charge is -2.28. The van der Waals surface area contributed by atoms with Gasteiger partial charge in [0.2, 0.25) is 0 Å². The van der Waals surface area contributed by atoms with Crippen molar-refractivity contribution in [2.75, 3.05) is 11.9 Å². The van der Waals surface area contributed by atoms with E-state index in [0.29, 0.717) is 17.0 Å². The number of nitrogens with zero attached hydrogens (tertiary/aromatic N) is 1. The van der Waals surface area contributed by atoms with Crippen molar-refractivity contribution in [1.29, 1.82) is 0 Å². The highest BCUT2D eigenvalue weighted by atomic mass is 16.5. The molecule has 0 spiro atoms. The molecule has 0 bridgehead atoms. The second-order valence-corrected chi connectivity index (χ2v) is 8.04. The normalized spacial score (nSPS) is 13.7. The van der Waals surface area contributed by atoms with Crippen LogP contribution in [0.1, 0.15) is 40.9 Å². The molecular weight excluding hydrogens is 372 g/mol. The summed E-state index contributed by atoms with van der Waals surface area (Å²) < 4.78 is 5.79. The van der Waals surface area contributed by atoms with Crippen LogP contribution in [0.5, 0.6) is 5.75 Å². The van der Waals surface area contributed by atoms with Gasteiger partial charge >= 0.3 is 0 Å². The lowest BCUT2D eigenvalue weighted by atomic mass is 9.99. The number of hydrogen-bond donors (Lipinski definition) is 1. The van der Waals surface area contributed by atoms with Gasteiger partial charge in [0.15, 0.2) is 0 Å². The molecule has 0 aliphatic carbocycles. The number of fused-ring (bicyclic) bond motifs is 1. The SMILES string of the molecule is CC(C)Oc1ccccc1NC(=O)c1ccc(CN2CCc3ccccc3C2)cc1. The van der Waals surface area contributed by atoms with E-state index in [1.807, 2.05) is 62.4 Å². The van der Waals surface area contributed by atoms with Crippen LogP contribution in [-0.4, -0.2) is 23.5 Å². The first-order valence-electron chi connectivity index (χ1n) is 10.5. The molecule has 1 heterocycles. The highest BCUT2D eigenvalue weighted by Crippen LogP contribution is 2.26. The Morgan fingerprint density at radius 2 is 1.67 bits per heavy atom. The third-order valence-corrected chi connectivity index (χ3v) is 5.33. The van der Waals surface area contributed by atoms with Crippen molar-refractivity contribution in [2.24, 2.45) is 0 Å². The van der Waals surface area contributed by atoms with E-state index in [0.717, 1.165) is 26.1 Å². The van der Waals surface area contributed by atoms with Crippen molar-refractivity contribution >= 4 is 11.6 Å². The van der Waals surface area contributed by atoms with Crippen molar-refractivity contribution in [3.05, 3.63) is 95.1 Å². The lowest BCUT2D eigenvalue weighted by molar-refractivity contribution is 0.102. The monoisotopic (exact) mass is 400 g/mol. The molecule has 0 fully saturated rings. The number of carbonyl (C=O) groups is 1. The van der Waals surface area contributed by atoms with E-state index in [4.69, 9.17) is 4.74 Å². The van der Waals surface area contributed by atoms with Crippen LogP contribution in [0.2, 0.25) is 0 Å². The van der Waals surface area contributed by atoms with Crippen LogP contribution in [0.4, 0.5) is 5.69 Å². The van der Waals surface area contributed by atoms with E-state index >= 15 is 0 Å². The minimum Gasteiger partial charge on any atom is -0.489 e. The van der Waals surface area contributed by atoms with Crippen LogP contribution >= 0.6 is 0 Å². The molecule has 0 unspecified atom stereocenters. The average Bonchev–Trinajstić information content (AvgIpc) is 2.75. The summed E-state index contributed by atoms with van der Waals surface area (Å²) in [5, 5.41) is 2.97. The van der Waals surface area contributed by atoms with Gasteiger partial charge in [0.1, 0.15) is 5.75 Å². The van der Waals surface area contributed by atoms with E-state index in [-0.39, 0.29) is 12.0 Å². The summed E-state index contributed by atoms with van der Waals surface area (Å²) in [5.41, 5.74) is 5.42. The molecule has 0 radical (unpaired) electrons. The molecule has 1 amide bonds. The molecule has 1 N–H and O–H groups in total. The van der Waals surface area contributed by atoms with E-state index in [1.165, 1.54) is 16.7 Å². The van der Waals surface area contributed by atoms with Gasteiger partial charge in [-0.2, -0.15) is 0 Å². The smallest absolute Gasteiger partial charge is 0.255 e. The van der Waals surface area contributed by atoms with Gasteiger partial charge in [-0.1, -0.05) is 48.5 Å². The molecule has 4 nitrogen and oxygen atoms in total. The fourth-order valence-corrected chi connectivity index (χ4v) is 3.83. The number of benzene rings is 3. The molecule has 4 heteroatoms. The first-order chi connectivity index (χ1) is 14.6. The fraction of sp³-hybridized carbons (Fsp3) is 0.269. The zero-order chi connectivity index (χ0) is 20.9. The Balaban J connectivity index is 1.39. The Morgan fingerprint density at radius 1 is 0.967 bits per heavy atom. The first kappa shape index (κ1) is 20.2. The maximum atomic E-state index is 12.7. The Labute approximate surface area is 178 Å². The van der Waals surface area contributed by atoms with Crippen LogP contribution in [0.3, 0.4) is 0 Å². The van der Waals surface area contributed by atoms with Crippen molar-refractivity contribution in [1.82, 2.24) is 4.90 Å². The van der Waals surface area contributed by atoms with Crippen LogP contribution < -0.4 is 10.1 Å². The van der Waals surface area contributed by atoms with Crippen molar-refractivity contribution in [2.45, 2.75) is 39.5 Å². The van der Waals surface area contributed by atoms with Gasteiger partial charge in [-0.05, 0) is 61.2 Å². The summed E-state index contributed by atoms with van der Waals surface area (Å²) in [6, 6.07) is 24.1. The van der Waals surface area contributed by atoms with Gasteiger partial charge in [0, 0.05) is 25.2 Å². The van der Waals surface area contributed by atoms with Crippen molar-refractivity contribution < 1.29 is 9.53 Å². The highest BCUT2D eigenvalue weighted by molar-refractivity contribution is 6.05. The third kappa shape index (κ3) is 4.89. The number of hydrogen-bond acceptors (Lipinski definition) is 3. The van der Waals surface area contributed by atoms with Gasteiger partial charge in [-0.15, -0.1) is 0 Å². The van der Waals surface area contributed by atoms with Gasteiger partial charge in [0.05, 0.1) is 11.8 Å². The minimum atomic E-state index is -0.131. The van der Waals surface area contributed by atoms with E-state index in [1.54, 1.807) is 0 Å². The van der Waals surface area contributed by atoms with Crippen LogP contribution in [-0.2, 0) is 19.5 Å². The molecule has 0 saturated carbocycles. The Bertz CT molecular complexity index is 1010. The molecule has 1 aliphatic heterocycles. The topological polar surface area (TPSA) is 41.6 Å². The summed E-state index contributed by atoms with van der Waals surface area (Å²) in [7, 11) is 0. The predicted octanol–water partition coefficient (Wildman–Crippen LogP) is 5.28. The van der Waals surface area contributed by atoms with Gasteiger partial charge in [-0.25, -0.2) is 0 Å². The Morgan fingerprint density at radius 3 is 2.43 bits per heavy atom. The van der Waals surface area contributed by atoms with Gasteiger partial charge in [0.25, 0.3) is 5.91 Å². The fourth-order valence-electron chi connectivity index (χ4n) is 3.83. The highest BCUT2D eigenvalue weighted by Gasteiger charge is 2.16. The third-order valence-electron chi connectivity index (χ3n) is 5.33. The summed E-state index contributed by atoms with van der Waals surface area (Å²) in [4.78, 5) is 15.2. The minimum absolute atomic E-state index is 0.0455. The molecule has 154 valence electrons. The van der Waals surface area contributed by atoms with Gasteiger partial charge < -0.3 is 10.1 Å². The summed E-state index contributed by atoms with van der Waals surface area (Å²) in [5.74, 6) is 0.552. The second kappa shape index (κ2) is 9.14. The quantitative estimate of drug-likeness (QED) is 0.612. The molecular formula is C26H28N2O2. The second-order valence-electron chi connectivity index (χ2n) is 8.04. The molecule has 0 atom stereocenters. The standard InChI is InChI=1S/C26H28N2O2/c1-19(2)30-25-10-6-5-9-24(25)27-26(29)22-13-11-20(12-14-22)17-28-16-15-21-7-3-4-8-23(21)18-28/h3-14,19H,15-18H2,1-2H3,(H,27,29). The molecule has 1 aliphatic rings. The molecule has 3 aromatic rings. The number of para-hydroxylation sites is 2. The number of nitrogens with one attached hydrogen (secondary N) is 1. The summed E-state index contributed by atoms with van der Waals surface area (Å²) in [6.07, 6.45) is 1.14. The number of ether oxygens (including phenoxy) is 1. The number of anilines is 1. The average molecular weight is 401 g/mol. The molecule has 0 saturated heterocycles. The largest absolute Gasteiger partial charge is 0.489 e. The van der Waals surface area contributed by atoms with E-state index in [2.05, 4.69) is 34.5 Å². The molecule has 0 aromatic heterocycles. The van der Waals surface area contributed by atoms with E-state index in [9.17, 15) is 4.79 Å². The predicted molar refractivity (Wildman–Crippen MR) is 121 cm³/mol. The summed E-state index contributed by atoms with van der Waals surface area (Å²) in [6.45, 7) is 6.87.